The van der Waals surface area contributed by atoms with E-state index >= 15 is 0 Å². The Kier molecular flexibility index (Phi) is 10.1. The van der Waals surface area contributed by atoms with Crippen LogP contribution in [0.5, 0.6) is 11.6 Å². The van der Waals surface area contributed by atoms with E-state index in [0.717, 1.165) is 30.3 Å². The van der Waals surface area contributed by atoms with Gasteiger partial charge in [-0.15, -0.1) is 0 Å². The van der Waals surface area contributed by atoms with Gasteiger partial charge in [-0.25, -0.2) is 13.1 Å². The molecule has 0 aliphatic carbocycles. The third-order valence-corrected chi connectivity index (χ3v) is 8.03. The molecule has 0 atom stereocenters. The number of hydrogen-bond donors (Lipinski definition) is 2. The Morgan fingerprint density at radius 1 is 1.11 bits per heavy atom. The van der Waals surface area contributed by atoms with Gasteiger partial charge in [0, 0.05) is 42.9 Å². The smallest absolute Gasteiger partial charge is 0.416 e. The molecule has 4 aromatic rings. The maximum Gasteiger partial charge on any atom is 0.416 e. The summed E-state index contributed by atoms with van der Waals surface area (Å²) in [6.07, 6.45) is -4.57. The quantitative estimate of drug-likeness (QED) is 0.116. The number of methoxy groups -OCH3 is 1. The first kappa shape index (κ1) is 33.4. The summed E-state index contributed by atoms with van der Waals surface area (Å²) in [5, 5.41) is 18.7. The number of sulfonamides is 1. The number of amides is 1. The lowest BCUT2D eigenvalue weighted by Crippen LogP contribution is -2.27. The van der Waals surface area contributed by atoms with E-state index in [0.29, 0.717) is 10.7 Å². The van der Waals surface area contributed by atoms with Gasteiger partial charge in [0.1, 0.15) is 10.6 Å². The van der Waals surface area contributed by atoms with Gasteiger partial charge in [-0.3, -0.25) is 14.9 Å². The summed E-state index contributed by atoms with van der Waals surface area (Å²) in [5.41, 5.74) is -0.923. The summed E-state index contributed by atoms with van der Waals surface area (Å²) in [6, 6.07) is 13.6. The van der Waals surface area contributed by atoms with Crippen molar-refractivity contribution in [2.75, 3.05) is 20.3 Å². The van der Waals surface area contributed by atoms with Crippen LogP contribution in [0.4, 0.5) is 18.9 Å². The van der Waals surface area contributed by atoms with E-state index in [1.807, 2.05) is 0 Å². The summed E-state index contributed by atoms with van der Waals surface area (Å²) >= 11 is 6.02. The van der Waals surface area contributed by atoms with Crippen LogP contribution in [-0.4, -0.2) is 49.3 Å². The normalized spacial score (nSPS) is 11.8. The van der Waals surface area contributed by atoms with E-state index in [-0.39, 0.29) is 48.1 Å². The van der Waals surface area contributed by atoms with E-state index in [2.05, 4.69) is 15.1 Å². The van der Waals surface area contributed by atoms with E-state index < -0.39 is 43.2 Å². The van der Waals surface area contributed by atoms with Crippen molar-refractivity contribution >= 4 is 33.2 Å². The van der Waals surface area contributed by atoms with Crippen molar-refractivity contribution in [1.29, 1.82) is 0 Å². The molecule has 0 aliphatic rings. The Morgan fingerprint density at radius 2 is 1.82 bits per heavy atom. The number of nitro benzene ring substituents is 1. The monoisotopic (exact) mass is 667 g/mol. The molecule has 1 heterocycles. The van der Waals surface area contributed by atoms with Crippen LogP contribution < -0.4 is 14.8 Å². The number of nitro groups is 1. The molecule has 0 aliphatic heterocycles. The predicted octanol–water partition coefficient (Wildman–Crippen LogP) is 5.41. The van der Waals surface area contributed by atoms with E-state index in [4.69, 9.17) is 21.1 Å². The van der Waals surface area contributed by atoms with Crippen LogP contribution in [0.1, 0.15) is 27.2 Å². The number of alkyl halides is 3. The van der Waals surface area contributed by atoms with Gasteiger partial charge in [-0.05, 0) is 55.0 Å². The fourth-order valence-electron chi connectivity index (χ4n) is 4.06. The number of aromatic nitrogens is 2. The lowest BCUT2D eigenvalue weighted by Gasteiger charge is -2.14. The molecule has 0 spiro atoms. The average molecular weight is 668 g/mol. The second-order valence-electron chi connectivity index (χ2n) is 9.43. The lowest BCUT2D eigenvalue weighted by molar-refractivity contribution is -0.385. The number of halogens is 4. The largest absolute Gasteiger partial charge is 0.437 e. The van der Waals surface area contributed by atoms with Crippen LogP contribution >= 0.6 is 11.6 Å². The third kappa shape index (κ3) is 7.96. The molecule has 12 nitrogen and oxygen atoms in total. The molecule has 0 radical (unpaired) electrons. The second kappa shape index (κ2) is 13.6. The van der Waals surface area contributed by atoms with Crippen LogP contribution in [0.3, 0.4) is 0 Å². The van der Waals surface area contributed by atoms with Crippen LogP contribution in [0.2, 0.25) is 5.02 Å². The van der Waals surface area contributed by atoms with Gasteiger partial charge in [0.05, 0.1) is 22.8 Å². The summed E-state index contributed by atoms with van der Waals surface area (Å²) < 4.78 is 80.1. The Morgan fingerprint density at radius 3 is 2.47 bits per heavy atom. The molecule has 1 aromatic heterocycles. The zero-order valence-electron chi connectivity index (χ0n) is 23.6. The molecule has 3 aromatic carbocycles. The molecule has 0 saturated carbocycles. The Labute approximate surface area is 259 Å². The third-order valence-electron chi connectivity index (χ3n) is 6.29. The van der Waals surface area contributed by atoms with Crippen molar-refractivity contribution in [2.24, 2.45) is 0 Å². The van der Waals surface area contributed by atoms with Crippen molar-refractivity contribution < 1.29 is 40.8 Å². The maximum absolute atomic E-state index is 13.2. The molecule has 0 unspecified atom stereocenters. The number of non-ortho nitro benzene ring substituents is 1. The van der Waals surface area contributed by atoms with Crippen LogP contribution in [0.15, 0.2) is 71.6 Å². The first-order valence-corrected chi connectivity index (χ1v) is 14.8. The number of carbonyl (C=O) groups is 1. The van der Waals surface area contributed by atoms with Gasteiger partial charge in [-0.1, -0.05) is 23.7 Å². The van der Waals surface area contributed by atoms with Crippen LogP contribution in [0, 0.1) is 17.0 Å². The maximum atomic E-state index is 13.2. The van der Waals surface area contributed by atoms with Crippen molar-refractivity contribution in [1.82, 2.24) is 19.8 Å². The molecule has 2 N–H and O–H groups in total. The number of ether oxygens (including phenoxy) is 2. The number of benzene rings is 3. The minimum atomic E-state index is -4.57. The van der Waals surface area contributed by atoms with Crippen molar-refractivity contribution in [3.8, 4) is 17.3 Å². The number of nitrogens with one attached hydrogen (secondary N) is 2. The number of nitrogens with zero attached hydrogens (tertiary/aromatic N) is 3. The molecule has 4 rings (SSSR count). The van der Waals surface area contributed by atoms with Gasteiger partial charge in [0.2, 0.25) is 15.9 Å². The Balaban J connectivity index is 1.75. The lowest BCUT2D eigenvalue weighted by atomic mass is 10.1. The van der Waals surface area contributed by atoms with Gasteiger partial charge >= 0.3 is 6.18 Å². The van der Waals surface area contributed by atoms with Gasteiger partial charge < -0.3 is 14.8 Å². The van der Waals surface area contributed by atoms with Crippen molar-refractivity contribution in [3.05, 3.63) is 104 Å². The fourth-order valence-corrected chi connectivity index (χ4v) is 5.35. The topological polar surface area (TPSA) is 155 Å². The van der Waals surface area contributed by atoms with E-state index in [9.17, 15) is 36.5 Å². The Hall–Kier alpha value is -4.51. The SMILES string of the molecule is COCCNS(=O)(=O)c1cc([N+](=O)[O-])ccc1Oc1c(C)c(C(=O)NCc2cccc(C(F)(F)F)c2)nn1-c1ccc(Cl)cc1. The summed E-state index contributed by atoms with van der Waals surface area (Å²) in [7, 11) is -3.00. The minimum Gasteiger partial charge on any atom is -0.437 e. The predicted molar refractivity (Wildman–Crippen MR) is 156 cm³/mol. The number of hydrogen-bond acceptors (Lipinski definition) is 8. The van der Waals surface area contributed by atoms with E-state index in [1.54, 1.807) is 12.1 Å². The molecule has 0 fully saturated rings. The van der Waals surface area contributed by atoms with E-state index in [1.165, 1.54) is 43.0 Å². The highest BCUT2D eigenvalue weighted by Gasteiger charge is 2.31. The molecule has 0 bridgehead atoms. The molecule has 45 heavy (non-hydrogen) atoms. The number of carbonyl (C=O) groups excluding carboxylic acids is 1. The zero-order valence-corrected chi connectivity index (χ0v) is 25.2. The average Bonchev–Trinajstić information content (AvgIpc) is 3.31. The van der Waals surface area contributed by atoms with Gasteiger partial charge in [0.25, 0.3) is 11.6 Å². The zero-order chi connectivity index (χ0) is 32.9. The van der Waals surface area contributed by atoms with Gasteiger partial charge in [0.15, 0.2) is 5.69 Å². The van der Waals surface area contributed by atoms with Crippen LogP contribution in [-0.2, 0) is 27.5 Å². The first-order chi connectivity index (χ1) is 21.2. The minimum absolute atomic E-state index is 0.0196. The molecular weight excluding hydrogens is 643 g/mol. The molecule has 0 saturated heterocycles. The second-order valence-corrected chi connectivity index (χ2v) is 11.6. The highest BCUT2D eigenvalue weighted by Crippen LogP contribution is 2.36. The van der Waals surface area contributed by atoms with Crippen LogP contribution in [0.25, 0.3) is 5.69 Å². The Bertz CT molecular complexity index is 1830. The fraction of sp³-hybridized carbons (Fsp3) is 0.214. The first-order valence-electron chi connectivity index (χ1n) is 13.0. The summed E-state index contributed by atoms with van der Waals surface area (Å²) in [6.45, 7) is 1.08. The summed E-state index contributed by atoms with van der Waals surface area (Å²) in [4.78, 5) is 23.4. The molecule has 238 valence electrons. The highest BCUT2D eigenvalue weighted by molar-refractivity contribution is 7.89. The molecular formula is C28H25ClF3N5O7S. The highest BCUT2D eigenvalue weighted by atomic mass is 35.5. The molecule has 1 amide bonds. The van der Waals surface area contributed by atoms with Crippen molar-refractivity contribution in [2.45, 2.75) is 24.5 Å². The standard InChI is InChI=1S/C28H25ClF3N5O7S/c1-17-25(26(38)33-16-18-4-3-5-19(14-18)28(30,31)32)35-36(21-8-6-20(29)7-9-21)27(17)44-23-11-10-22(37(39)40)15-24(23)45(41,42)34-12-13-43-2/h3-11,14-15,34H,12-13,16H2,1-2H3,(H,33,38). The van der Waals surface area contributed by atoms with Gasteiger partial charge in [-0.2, -0.15) is 23.0 Å². The van der Waals surface area contributed by atoms with Crippen molar-refractivity contribution in [3.63, 3.8) is 0 Å². The number of rotatable bonds is 12. The molecule has 17 heteroatoms. The summed E-state index contributed by atoms with van der Waals surface area (Å²) in [5.74, 6) is -1.20.